The Morgan fingerprint density at radius 1 is 0.214 bits per heavy atom. The molecule has 16 fully saturated rings. The number of anilines is 12. The van der Waals surface area contributed by atoms with E-state index in [9.17, 15) is 0 Å². The first-order valence-corrected chi connectivity index (χ1v) is 70.9. The number of hydrogen-bond acceptors (Lipinski definition) is 8. The minimum absolute atomic E-state index is 0.0460. The van der Waals surface area contributed by atoms with Crippen LogP contribution in [0.25, 0.3) is 44.5 Å². The topological polar surface area (TPSA) is 62.4 Å². The van der Waals surface area contributed by atoms with Crippen molar-refractivity contribution in [1.82, 2.24) is 0 Å². The molecule has 16 saturated heterocycles. The number of benzene rings is 16. The summed E-state index contributed by atoms with van der Waals surface area (Å²) in [6.45, 7) is 12.7. The van der Waals surface area contributed by atoms with Crippen LogP contribution in [0, 0.1) is 0 Å². The van der Waals surface area contributed by atoms with E-state index in [0.717, 1.165) is 74.6 Å². The predicted molar refractivity (Wildman–Crippen MR) is 669 cm³/mol. The molecule has 0 amide bonds. The van der Waals surface area contributed by atoms with E-state index in [0.29, 0.717) is 55.1 Å². The molecule has 4 radical (unpaired) electrons. The van der Waals surface area contributed by atoms with E-state index in [1.807, 2.05) is 0 Å². The van der Waals surface area contributed by atoms with Gasteiger partial charge in [-0.1, -0.05) is 0 Å². The van der Waals surface area contributed by atoms with Crippen LogP contribution in [0.15, 0.2) is 382 Å². The van der Waals surface area contributed by atoms with E-state index < -0.39 is 25.6 Å². The molecule has 8 nitrogen and oxygen atoms in total. The van der Waals surface area contributed by atoms with Crippen molar-refractivity contribution in [1.29, 1.82) is 0 Å². The molecular weight excluding hydrogens is 1820 g/mol. The van der Waals surface area contributed by atoms with Crippen LogP contribution in [0.4, 0.5) is 68.2 Å². The Bertz CT molecular complexity index is 8750. The van der Waals surface area contributed by atoms with Gasteiger partial charge in [0, 0.05) is 0 Å². The second-order valence-electron chi connectivity index (χ2n) is 49.1. The van der Waals surface area contributed by atoms with Gasteiger partial charge in [0.25, 0.3) is 0 Å². The number of para-hydroxylation sites is 7. The molecule has 44 heteroatoms. The Morgan fingerprint density at radius 2 is 0.521 bits per heavy atom. The van der Waals surface area contributed by atoms with Crippen LogP contribution < -0.4 is 106 Å². The van der Waals surface area contributed by atoms with Crippen LogP contribution in [-0.2, 0) is 0 Å². The molecule has 0 saturated carbocycles. The van der Waals surface area contributed by atoms with E-state index in [1.165, 1.54) is 173 Å². The SMILES string of the molecule is [B]1B2[BH2-]P12(N=[P+]1B2[BH2-]B21)c1cc2c3c(c1)N(c1ccccc1)c1ccccc1B3c1ccccc1-2.[B]1B2[BH2-]P12(N=[P+]1B2[BH2-]B21)c1ccc2c3c1N(c1ccccc1)c1ccccc1B3c1ccccc1-2.[B]1B2[BH2-]P12(N=[P+]1B2[BH2-]B21)c1cccc(N2c3ccccc3B3c4ccccc4-c4cccc2c43)c1.[B]1B2[BH2-]P12(N=[P+]1B2[BH2-]B21)c1ccccc1N1c2ccccc2B2c3ccccc3-c3cccc1c32. The molecule has 0 bridgehead atoms. The van der Waals surface area contributed by atoms with Gasteiger partial charge in [0.1, 0.15) is 0 Å². The van der Waals surface area contributed by atoms with Gasteiger partial charge in [-0.2, -0.15) is 0 Å². The zero-order valence-corrected chi connectivity index (χ0v) is 86.5. The Balaban J connectivity index is 0.0000000776. The first kappa shape index (κ1) is 79.1. The average Bonchev–Trinajstić information content (AvgIpc) is 1.41. The molecule has 0 unspecified atom stereocenters. The maximum atomic E-state index is 5.95. The van der Waals surface area contributed by atoms with Crippen LogP contribution in [0.2, 0.25) is 0 Å². The zero-order valence-electron chi connectivity index (χ0n) is 79.3. The molecule has 0 aromatic heterocycles. The van der Waals surface area contributed by atoms with E-state index in [4.69, 9.17) is 18.1 Å². The molecular formula is C96H76B28N8P8-4. The van der Waals surface area contributed by atoms with E-state index in [2.05, 4.69) is 411 Å². The van der Waals surface area contributed by atoms with Crippen molar-refractivity contribution in [2.75, 3.05) is 19.6 Å². The number of hydrogen-bond donors (Lipinski definition) is 0. The van der Waals surface area contributed by atoms with Crippen molar-refractivity contribution in [2.45, 2.75) is 0 Å². The normalized spacial score (nSPS) is 22.0. The summed E-state index contributed by atoms with van der Waals surface area (Å²) < 4.78 is 23.5. The van der Waals surface area contributed by atoms with Crippen LogP contribution in [-0.4, -0.2) is 185 Å². The van der Waals surface area contributed by atoms with Crippen molar-refractivity contribution < 1.29 is 0 Å². The van der Waals surface area contributed by atoms with Gasteiger partial charge in [-0.25, -0.2) is 0 Å². The molecule has 0 N–H and O–H groups in total. The van der Waals surface area contributed by atoms with Crippen molar-refractivity contribution >= 4 is 395 Å². The van der Waals surface area contributed by atoms with Crippen LogP contribution in [0.1, 0.15) is 0 Å². The molecule has 40 rings (SSSR count). The van der Waals surface area contributed by atoms with Gasteiger partial charge in [-0.15, -0.1) is 0 Å². The number of nitrogens with zero attached hydrogens (tertiary/aromatic N) is 8. The van der Waals surface area contributed by atoms with Crippen molar-refractivity contribution in [3.05, 3.63) is 364 Å². The first-order chi connectivity index (χ1) is 69.1. The summed E-state index contributed by atoms with van der Waals surface area (Å²) in [5.74, 6) is 0. The predicted octanol–water partition coefficient (Wildman–Crippen LogP) is 6.77. The van der Waals surface area contributed by atoms with E-state index in [-0.39, 0.29) is 57.4 Å². The minimum atomic E-state index is -2.04. The summed E-state index contributed by atoms with van der Waals surface area (Å²) in [6.07, 6.45) is 5.04. The van der Waals surface area contributed by atoms with Gasteiger partial charge in [-0.3, -0.25) is 0 Å². The van der Waals surface area contributed by atoms with Gasteiger partial charge in [0.15, 0.2) is 0 Å². The Kier molecular flexibility index (Phi) is 14.8. The summed E-state index contributed by atoms with van der Waals surface area (Å²) >= 11 is 0. The fraction of sp³-hybridized carbons (Fsp3) is 0. The van der Waals surface area contributed by atoms with E-state index >= 15 is 0 Å². The third-order valence-corrected chi connectivity index (χ3v) is 87.5. The second-order valence-corrected chi connectivity index (χ2v) is 83.4. The van der Waals surface area contributed by atoms with Gasteiger partial charge >= 0.3 is 841 Å². The van der Waals surface area contributed by atoms with Crippen molar-refractivity contribution in [3.8, 4) is 44.5 Å². The summed E-state index contributed by atoms with van der Waals surface area (Å²) in [7, 11) is 2.12. The average molecular weight is 1890 g/mol. The third-order valence-electron chi connectivity index (χ3n) is 42.3. The van der Waals surface area contributed by atoms with Gasteiger partial charge in [0.05, 0.1) is 0 Å². The Morgan fingerprint density at radius 3 is 0.964 bits per heavy atom. The van der Waals surface area contributed by atoms with E-state index in [1.54, 1.807) is 26.7 Å². The summed E-state index contributed by atoms with van der Waals surface area (Å²) in [5.41, 5.74) is 45.4. The summed E-state index contributed by atoms with van der Waals surface area (Å²) in [4.78, 5) is 10.4. The van der Waals surface area contributed by atoms with Gasteiger partial charge < -0.3 is 0 Å². The van der Waals surface area contributed by atoms with Gasteiger partial charge in [-0.05, 0) is 0 Å². The molecule has 16 aromatic carbocycles. The fourth-order valence-corrected chi connectivity index (χ4v) is 82.2. The summed E-state index contributed by atoms with van der Waals surface area (Å²) in [5, 5.41) is 6.59. The quantitative estimate of drug-likeness (QED) is 0.100. The second kappa shape index (κ2) is 26.1. The monoisotopic (exact) mass is 1900 g/mol. The number of rotatable bonds is 12. The molecule has 24 aliphatic heterocycles. The van der Waals surface area contributed by atoms with Crippen molar-refractivity contribution in [2.24, 2.45) is 18.1 Å². The third kappa shape index (κ3) is 10.1. The standard InChI is InChI=1S/4C24H19B7N2P2/c1-2-11-20-18(9-1)19-10-6-14-23-24(19)28(20)21-12-3-4-13-22(21)33(23)16-7-5-8-17(15-16)35(26-29(35)27-35)32-34-30-25-31(30)34;1-2-10-18-16(8-1)17-9-7-14-22-24(17)28(18)19-11-3-4-12-20(19)33(22)21-13-5-6-15-23(21)35(26-29(35)27-35)32-34-30-25-31(30)34;1-2-8-16(9-3-1)33-22-13-7-6-12-21(22)28-20-11-5-4-10-18(20)19-14-17(15-23(33)24(19)28)35(26-29(35)27-35)32-34-30-25-31(30)34;1-2-8-16(9-3-1)33-21-13-7-6-12-20(21)28-19-11-5-4-10-17(19)18-14-15-22(24(33)23(18)28)35(26-29(35)27-35)32-34-30-25-31(30)34/h4*1-15H,25-26H2/q4*-1. The fourth-order valence-electron chi connectivity index (χ4n) is 31.8. The molecule has 0 aliphatic carbocycles. The molecule has 24 aliphatic rings. The van der Waals surface area contributed by atoms with Crippen LogP contribution >= 0.6 is 55.4 Å². The molecule has 24 heterocycles. The maximum absolute atomic E-state index is 5.95. The van der Waals surface area contributed by atoms with Crippen LogP contribution in [0.3, 0.4) is 0 Å². The Labute approximate surface area is 834 Å². The first-order valence-electron chi connectivity index (χ1n) is 54.0. The number of fused-ring (bicyclic) bond motifs is 28. The molecule has 0 spiro atoms. The zero-order chi connectivity index (χ0) is 90.2. The molecule has 628 valence electrons. The molecule has 16 aromatic rings. The van der Waals surface area contributed by atoms with Crippen LogP contribution in [0.5, 0.6) is 0 Å². The van der Waals surface area contributed by atoms with Crippen molar-refractivity contribution in [3.63, 3.8) is 0 Å². The Hall–Kier alpha value is -9.34. The summed E-state index contributed by atoms with van der Waals surface area (Å²) in [6, 6.07) is 138. The van der Waals surface area contributed by atoms with Gasteiger partial charge in [0.2, 0.25) is 0 Å². The molecule has 140 heavy (non-hydrogen) atoms. The molecule has 0 atom stereocenters.